The summed E-state index contributed by atoms with van der Waals surface area (Å²) < 4.78 is 0.788. The van der Waals surface area contributed by atoms with Crippen molar-refractivity contribution in [2.24, 2.45) is 0 Å². The normalized spacial score (nSPS) is 10.3. The number of nitrogens with one attached hydrogen (secondary N) is 1. The smallest absolute Gasteiger partial charge is 0.224 e. The Labute approximate surface area is 104 Å². The fourth-order valence-electron chi connectivity index (χ4n) is 0.970. The van der Waals surface area contributed by atoms with Crippen molar-refractivity contribution >= 4 is 44.7 Å². The van der Waals surface area contributed by atoms with Crippen molar-refractivity contribution < 1.29 is 0 Å². The van der Waals surface area contributed by atoms with E-state index in [0.717, 1.165) is 9.35 Å². The first-order valence-corrected chi connectivity index (χ1v) is 6.10. The van der Waals surface area contributed by atoms with Gasteiger partial charge in [0, 0.05) is 17.3 Å². The van der Waals surface area contributed by atoms with Crippen molar-refractivity contribution in [3.05, 3.63) is 32.5 Å². The van der Waals surface area contributed by atoms with Crippen LogP contribution in [0.3, 0.4) is 0 Å². The van der Waals surface area contributed by atoms with Crippen LogP contribution < -0.4 is 5.32 Å². The van der Waals surface area contributed by atoms with Gasteiger partial charge in [-0.1, -0.05) is 0 Å². The average molecular weight is 306 g/mol. The Balaban J connectivity index is 2.07. The highest BCUT2D eigenvalue weighted by Gasteiger charge is 2.03. The number of rotatable bonds is 3. The molecule has 0 saturated carbocycles. The summed E-state index contributed by atoms with van der Waals surface area (Å²) in [7, 11) is 0. The number of aromatic nitrogens is 3. The van der Waals surface area contributed by atoms with Crippen LogP contribution in [0.15, 0.2) is 22.4 Å². The summed E-state index contributed by atoms with van der Waals surface area (Å²) in [4.78, 5) is 13.0. The van der Waals surface area contributed by atoms with Crippen LogP contribution in [0.25, 0.3) is 0 Å². The third-order valence-electron chi connectivity index (χ3n) is 1.63. The Morgan fingerprint density at radius 1 is 1.47 bits per heavy atom. The van der Waals surface area contributed by atoms with Gasteiger partial charge >= 0.3 is 0 Å². The molecule has 2 aromatic heterocycles. The summed E-state index contributed by atoms with van der Waals surface area (Å²) in [6.07, 6.45) is 3.43. The largest absolute Gasteiger partial charge is 0.364 e. The molecule has 4 nitrogen and oxygen atoms in total. The highest BCUT2D eigenvalue weighted by molar-refractivity contribution is 9.10. The lowest BCUT2D eigenvalue weighted by molar-refractivity contribution is 1.08. The number of thiazole rings is 1. The zero-order valence-electron chi connectivity index (χ0n) is 7.44. The zero-order valence-corrected chi connectivity index (χ0v) is 10.6. The Kier molecular flexibility index (Phi) is 3.50. The second kappa shape index (κ2) is 4.87. The van der Waals surface area contributed by atoms with Crippen LogP contribution in [0.2, 0.25) is 5.28 Å². The standard InChI is InChI=1S/C8H6BrClN4S/c9-6-3-13-8(10)14-7(6)12-2-5-1-11-4-15-5/h1,3-4H,2H2,(H,12,13,14). The Hall–Kier alpha value is -0.720. The van der Waals surface area contributed by atoms with Crippen molar-refractivity contribution in [3.63, 3.8) is 0 Å². The minimum atomic E-state index is 0.227. The fraction of sp³-hybridized carbons (Fsp3) is 0.125. The van der Waals surface area contributed by atoms with E-state index in [0.29, 0.717) is 12.4 Å². The first-order valence-electron chi connectivity index (χ1n) is 4.05. The molecule has 2 heterocycles. The van der Waals surface area contributed by atoms with Crippen LogP contribution in [0.5, 0.6) is 0 Å². The van der Waals surface area contributed by atoms with Crippen molar-refractivity contribution in [1.82, 2.24) is 15.0 Å². The molecule has 0 aromatic carbocycles. The SMILES string of the molecule is Clc1ncc(Br)c(NCc2cncs2)n1. The third kappa shape index (κ3) is 2.87. The van der Waals surface area contributed by atoms with Gasteiger partial charge in [-0.25, -0.2) is 4.98 Å². The average Bonchev–Trinajstić information content (AvgIpc) is 2.72. The molecule has 0 aliphatic heterocycles. The van der Waals surface area contributed by atoms with E-state index in [1.165, 1.54) is 0 Å². The molecule has 0 aliphatic carbocycles. The van der Waals surface area contributed by atoms with Gasteiger partial charge in [0.25, 0.3) is 0 Å². The molecule has 7 heteroatoms. The van der Waals surface area contributed by atoms with Crippen molar-refractivity contribution in [1.29, 1.82) is 0 Å². The lowest BCUT2D eigenvalue weighted by atomic mass is 10.5. The minimum absolute atomic E-state index is 0.227. The summed E-state index contributed by atoms with van der Waals surface area (Å²) >= 11 is 10.6. The summed E-state index contributed by atoms with van der Waals surface area (Å²) in [6.45, 7) is 0.677. The summed E-state index contributed by atoms with van der Waals surface area (Å²) in [5.41, 5.74) is 1.79. The van der Waals surface area contributed by atoms with E-state index in [-0.39, 0.29) is 5.28 Å². The summed E-state index contributed by atoms with van der Waals surface area (Å²) in [6, 6.07) is 0. The highest BCUT2D eigenvalue weighted by Crippen LogP contribution is 2.21. The van der Waals surface area contributed by atoms with Crippen LogP contribution in [0.1, 0.15) is 4.88 Å². The molecule has 2 aromatic rings. The van der Waals surface area contributed by atoms with Crippen molar-refractivity contribution in [2.45, 2.75) is 6.54 Å². The molecule has 0 aliphatic rings. The molecule has 0 radical (unpaired) electrons. The fourth-order valence-corrected chi connectivity index (χ4v) is 1.97. The van der Waals surface area contributed by atoms with E-state index in [1.807, 2.05) is 6.20 Å². The summed E-state index contributed by atoms with van der Waals surface area (Å²) in [5.74, 6) is 0.684. The maximum Gasteiger partial charge on any atom is 0.224 e. The van der Waals surface area contributed by atoms with E-state index in [1.54, 1.807) is 23.0 Å². The van der Waals surface area contributed by atoms with E-state index in [2.05, 4.69) is 36.2 Å². The van der Waals surface area contributed by atoms with Crippen molar-refractivity contribution in [3.8, 4) is 0 Å². The number of halogens is 2. The zero-order chi connectivity index (χ0) is 10.7. The molecule has 0 spiro atoms. The molecule has 0 atom stereocenters. The van der Waals surface area contributed by atoms with E-state index in [4.69, 9.17) is 11.6 Å². The topological polar surface area (TPSA) is 50.7 Å². The first kappa shape index (κ1) is 10.8. The van der Waals surface area contributed by atoms with Crippen molar-refractivity contribution in [2.75, 3.05) is 5.32 Å². The predicted molar refractivity (Wildman–Crippen MR) is 64.2 cm³/mol. The lowest BCUT2D eigenvalue weighted by Gasteiger charge is -2.05. The molecule has 0 amide bonds. The van der Waals surface area contributed by atoms with Crippen LogP contribution in [-0.2, 0) is 6.54 Å². The molecule has 0 bridgehead atoms. The Morgan fingerprint density at radius 3 is 3.07 bits per heavy atom. The molecular formula is C8H6BrClN4S. The van der Waals surface area contributed by atoms with E-state index in [9.17, 15) is 0 Å². The van der Waals surface area contributed by atoms with Gasteiger partial charge in [0.05, 0.1) is 16.5 Å². The van der Waals surface area contributed by atoms with Crippen LogP contribution >= 0.6 is 38.9 Å². The Bertz CT molecular complexity index is 448. The van der Waals surface area contributed by atoms with Crippen LogP contribution in [0.4, 0.5) is 5.82 Å². The second-order valence-corrected chi connectivity index (χ2v) is 4.82. The number of anilines is 1. The van der Waals surface area contributed by atoms with Gasteiger partial charge < -0.3 is 5.32 Å². The van der Waals surface area contributed by atoms with Gasteiger partial charge in [-0.2, -0.15) is 4.98 Å². The predicted octanol–water partition coefficient (Wildman–Crippen LogP) is 2.96. The quantitative estimate of drug-likeness (QED) is 0.886. The molecule has 78 valence electrons. The van der Waals surface area contributed by atoms with Gasteiger partial charge in [-0.05, 0) is 27.5 Å². The maximum atomic E-state index is 5.68. The van der Waals surface area contributed by atoms with Gasteiger partial charge in [0.1, 0.15) is 5.82 Å². The minimum Gasteiger partial charge on any atom is -0.364 e. The molecule has 2 rings (SSSR count). The van der Waals surface area contributed by atoms with Crippen LogP contribution in [0, 0.1) is 0 Å². The van der Waals surface area contributed by atoms with E-state index >= 15 is 0 Å². The van der Waals surface area contributed by atoms with Gasteiger partial charge in [0.15, 0.2) is 0 Å². The summed E-state index contributed by atoms with van der Waals surface area (Å²) in [5, 5.41) is 3.37. The molecule has 0 fully saturated rings. The molecule has 0 unspecified atom stereocenters. The van der Waals surface area contributed by atoms with E-state index < -0.39 is 0 Å². The van der Waals surface area contributed by atoms with Gasteiger partial charge in [0.2, 0.25) is 5.28 Å². The number of hydrogen-bond acceptors (Lipinski definition) is 5. The number of hydrogen-bond donors (Lipinski definition) is 1. The van der Waals surface area contributed by atoms with Gasteiger partial charge in [-0.15, -0.1) is 11.3 Å². The maximum absolute atomic E-state index is 5.68. The molecule has 15 heavy (non-hydrogen) atoms. The second-order valence-electron chi connectivity index (χ2n) is 2.66. The monoisotopic (exact) mass is 304 g/mol. The molecular weight excluding hydrogens is 300 g/mol. The van der Waals surface area contributed by atoms with Crippen LogP contribution in [-0.4, -0.2) is 15.0 Å². The first-order chi connectivity index (χ1) is 7.25. The Morgan fingerprint density at radius 2 is 2.33 bits per heavy atom. The third-order valence-corrected chi connectivity index (χ3v) is 3.17. The lowest BCUT2D eigenvalue weighted by Crippen LogP contribution is -2.01. The molecule has 1 N–H and O–H groups in total. The molecule has 0 saturated heterocycles. The van der Waals surface area contributed by atoms with Gasteiger partial charge in [-0.3, -0.25) is 4.98 Å². The number of nitrogens with zero attached hydrogens (tertiary/aromatic N) is 3. The highest BCUT2D eigenvalue weighted by atomic mass is 79.9.